The lowest BCUT2D eigenvalue weighted by molar-refractivity contribution is -0.161. The van der Waals surface area contributed by atoms with Crippen molar-refractivity contribution in [1.29, 1.82) is 0 Å². The smallest absolute Gasteiger partial charge is 0.408 e. The number of nitrogens with zero attached hydrogens (tertiary/aromatic N) is 1. The van der Waals surface area contributed by atoms with Gasteiger partial charge in [0.2, 0.25) is 5.91 Å². The molecule has 0 saturated heterocycles. The highest BCUT2D eigenvalue weighted by Gasteiger charge is 2.51. The van der Waals surface area contributed by atoms with Gasteiger partial charge in [-0.05, 0) is 62.3 Å². The molecular formula is C26H30N2O5. The van der Waals surface area contributed by atoms with Gasteiger partial charge in [-0.15, -0.1) is 0 Å². The second-order valence-corrected chi connectivity index (χ2v) is 9.30. The van der Waals surface area contributed by atoms with Gasteiger partial charge < -0.3 is 20.1 Å². The summed E-state index contributed by atoms with van der Waals surface area (Å²) in [7, 11) is 0. The number of hydrogen-bond acceptors (Lipinski definition) is 4. The predicted octanol–water partition coefficient (Wildman–Crippen LogP) is 4.16. The van der Waals surface area contributed by atoms with Crippen LogP contribution in [-0.2, 0) is 14.3 Å². The van der Waals surface area contributed by atoms with Crippen LogP contribution in [0.1, 0.15) is 57.1 Å². The first-order valence-corrected chi connectivity index (χ1v) is 11.4. The van der Waals surface area contributed by atoms with Gasteiger partial charge in [-0.25, -0.2) is 9.59 Å². The molecule has 0 bridgehead atoms. The largest absolute Gasteiger partial charge is 0.480 e. The predicted molar refractivity (Wildman–Crippen MR) is 124 cm³/mol. The Hall–Kier alpha value is -3.35. The molecule has 0 spiro atoms. The molecule has 33 heavy (non-hydrogen) atoms. The van der Waals surface area contributed by atoms with Gasteiger partial charge in [-0.2, -0.15) is 0 Å². The van der Waals surface area contributed by atoms with Crippen molar-refractivity contribution >= 4 is 18.0 Å². The Kier molecular flexibility index (Phi) is 5.91. The lowest BCUT2D eigenvalue weighted by Crippen LogP contribution is -2.67. The van der Waals surface area contributed by atoms with Crippen LogP contribution in [0.4, 0.5) is 4.79 Å². The monoisotopic (exact) mass is 450 g/mol. The van der Waals surface area contributed by atoms with E-state index in [2.05, 4.69) is 17.4 Å². The number of carboxylic acid groups (broad SMARTS) is 1. The highest BCUT2D eigenvalue weighted by Crippen LogP contribution is 2.44. The summed E-state index contributed by atoms with van der Waals surface area (Å²) in [5.41, 5.74) is 2.01. The maximum atomic E-state index is 13.3. The summed E-state index contributed by atoms with van der Waals surface area (Å²) in [6.45, 7) is 5.11. The number of carbonyl (C=O) groups excluding carboxylic acids is 2. The van der Waals surface area contributed by atoms with Gasteiger partial charge in [0.05, 0.1) is 0 Å². The quantitative estimate of drug-likeness (QED) is 0.660. The molecule has 0 atom stereocenters. The minimum atomic E-state index is -1.38. The van der Waals surface area contributed by atoms with E-state index < -0.39 is 23.1 Å². The summed E-state index contributed by atoms with van der Waals surface area (Å²) in [6.07, 6.45) is 1.04. The van der Waals surface area contributed by atoms with Gasteiger partial charge in [0.1, 0.15) is 17.7 Å². The van der Waals surface area contributed by atoms with Crippen molar-refractivity contribution in [2.24, 2.45) is 0 Å². The van der Waals surface area contributed by atoms with Crippen molar-refractivity contribution in [3.63, 3.8) is 0 Å². The average molecular weight is 451 g/mol. The van der Waals surface area contributed by atoms with Gasteiger partial charge in [0.15, 0.2) is 0 Å². The zero-order valence-electron chi connectivity index (χ0n) is 19.3. The lowest BCUT2D eigenvalue weighted by atomic mass is 9.75. The Balaban J connectivity index is 1.47. The van der Waals surface area contributed by atoms with Crippen LogP contribution in [0.2, 0.25) is 0 Å². The van der Waals surface area contributed by atoms with Gasteiger partial charge in [0.25, 0.3) is 0 Å². The second kappa shape index (κ2) is 8.54. The molecule has 1 saturated carbocycles. The molecule has 2 aromatic rings. The van der Waals surface area contributed by atoms with Gasteiger partial charge >= 0.3 is 12.1 Å². The summed E-state index contributed by atoms with van der Waals surface area (Å²) in [4.78, 5) is 39.2. The Bertz CT molecular complexity index is 1040. The van der Waals surface area contributed by atoms with E-state index in [1.807, 2.05) is 36.4 Å². The highest BCUT2D eigenvalue weighted by molar-refractivity contribution is 5.94. The van der Waals surface area contributed by atoms with Crippen molar-refractivity contribution in [2.75, 3.05) is 13.2 Å². The number of amides is 2. The van der Waals surface area contributed by atoms with E-state index in [9.17, 15) is 19.5 Å². The third-order valence-corrected chi connectivity index (χ3v) is 7.06. The number of carbonyl (C=O) groups is 3. The van der Waals surface area contributed by atoms with Crippen LogP contribution in [-0.4, -0.2) is 52.2 Å². The van der Waals surface area contributed by atoms with Crippen LogP contribution in [0.3, 0.4) is 0 Å². The molecule has 1 fully saturated rings. The third kappa shape index (κ3) is 3.86. The Morgan fingerprint density at radius 2 is 1.61 bits per heavy atom. The Morgan fingerprint density at radius 1 is 1.06 bits per heavy atom. The normalized spacial score (nSPS) is 16.2. The van der Waals surface area contributed by atoms with E-state index in [4.69, 9.17) is 4.74 Å². The minimum Gasteiger partial charge on any atom is -0.480 e. The van der Waals surface area contributed by atoms with Crippen molar-refractivity contribution in [1.82, 2.24) is 10.2 Å². The number of carboxylic acids is 1. The molecule has 4 rings (SSSR count). The van der Waals surface area contributed by atoms with Crippen molar-refractivity contribution in [2.45, 2.75) is 57.0 Å². The molecular weight excluding hydrogens is 420 g/mol. The van der Waals surface area contributed by atoms with Gasteiger partial charge in [0, 0.05) is 12.5 Å². The lowest BCUT2D eigenvalue weighted by Gasteiger charge is -2.46. The minimum absolute atomic E-state index is 0.0747. The molecule has 7 heteroatoms. The van der Waals surface area contributed by atoms with Gasteiger partial charge in [-0.3, -0.25) is 4.79 Å². The van der Waals surface area contributed by atoms with Crippen LogP contribution < -0.4 is 5.32 Å². The number of hydrogen-bond donors (Lipinski definition) is 2. The van der Waals surface area contributed by atoms with Crippen LogP contribution in [0, 0.1) is 0 Å². The number of ether oxygens (including phenoxy) is 1. The molecule has 2 aliphatic carbocycles. The second-order valence-electron chi connectivity index (χ2n) is 9.30. The number of rotatable bonds is 7. The fraction of sp³-hybridized carbons (Fsp3) is 0.423. The van der Waals surface area contributed by atoms with Crippen LogP contribution >= 0.6 is 0 Å². The first kappa shape index (κ1) is 22.8. The summed E-state index contributed by atoms with van der Waals surface area (Å²) < 4.78 is 5.63. The van der Waals surface area contributed by atoms with Gasteiger partial charge in [-0.1, -0.05) is 48.5 Å². The fourth-order valence-electron chi connectivity index (χ4n) is 4.92. The molecule has 2 aromatic carbocycles. The molecule has 0 aromatic heterocycles. The Morgan fingerprint density at radius 3 is 2.06 bits per heavy atom. The van der Waals surface area contributed by atoms with Crippen molar-refractivity contribution < 1.29 is 24.2 Å². The zero-order chi connectivity index (χ0) is 23.8. The summed E-state index contributed by atoms with van der Waals surface area (Å²) >= 11 is 0. The fourth-order valence-corrected chi connectivity index (χ4v) is 4.92. The number of nitrogens with one attached hydrogen (secondary N) is 1. The van der Waals surface area contributed by atoms with E-state index in [0.29, 0.717) is 12.8 Å². The van der Waals surface area contributed by atoms with Crippen LogP contribution in [0.25, 0.3) is 11.1 Å². The first-order valence-electron chi connectivity index (χ1n) is 11.4. The summed E-state index contributed by atoms with van der Waals surface area (Å²) in [6, 6.07) is 16.2. The molecule has 2 N–H and O–H groups in total. The molecule has 2 amide bonds. The molecule has 174 valence electrons. The standard InChI is InChI=1S/C26H30N2O5/c1-4-28(25(2,3)23(30)31)22(29)26(14-9-15-26)27-24(32)33-16-21-19-12-7-5-10-17(19)18-11-6-8-13-20(18)21/h5-8,10-13,21H,4,9,14-16H2,1-3H3,(H,27,32)(H,30,31). The maximum Gasteiger partial charge on any atom is 0.408 e. The molecule has 0 radical (unpaired) electrons. The Labute approximate surface area is 193 Å². The molecule has 7 nitrogen and oxygen atoms in total. The molecule has 2 aliphatic rings. The summed E-state index contributed by atoms with van der Waals surface area (Å²) in [5.74, 6) is -1.54. The molecule has 0 aliphatic heterocycles. The number of fused-ring (bicyclic) bond motifs is 3. The van der Waals surface area contributed by atoms with Crippen molar-refractivity contribution in [3.8, 4) is 11.1 Å². The number of alkyl carbamates (subject to hydrolysis) is 1. The van der Waals surface area contributed by atoms with E-state index >= 15 is 0 Å². The molecule has 0 unspecified atom stereocenters. The van der Waals surface area contributed by atoms with Crippen LogP contribution in [0.5, 0.6) is 0 Å². The SMILES string of the molecule is CCN(C(=O)C1(NC(=O)OCC2c3ccccc3-c3ccccc32)CCC1)C(C)(C)C(=O)O. The van der Waals surface area contributed by atoms with E-state index in [1.165, 1.54) is 18.7 Å². The third-order valence-electron chi connectivity index (χ3n) is 7.06. The average Bonchev–Trinajstić information content (AvgIpc) is 3.08. The van der Waals surface area contributed by atoms with E-state index in [0.717, 1.165) is 28.7 Å². The summed E-state index contributed by atoms with van der Waals surface area (Å²) in [5, 5.41) is 12.4. The highest BCUT2D eigenvalue weighted by atomic mass is 16.5. The van der Waals surface area contributed by atoms with Crippen LogP contribution in [0.15, 0.2) is 48.5 Å². The van der Waals surface area contributed by atoms with E-state index in [1.54, 1.807) is 6.92 Å². The first-order chi connectivity index (χ1) is 15.7. The topological polar surface area (TPSA) is 95.9 Å². The maximum absolute atomic E-state index is 13.3. The zero-order valence-corrected chi connectivity index (χ0v) is 19.3. The van der Waals surface area contributed by atoms with E-state index in [-0.39, 0.29) is 25.0 Å². The van der Waals surface area contributed by atoms with Crippen molar-refractivity contribution in [3.05, 3.63) is 59.7 Å². The number of benzene rings is 2. The number of aliphatic carboxylic acids is 1. The molecule has 0 heterocycles. The number of likely N-dealkylation sites (N-methyl/N-ethyl adjacent to an activating group) is 1.